The van der Waals surface area contributed by atoms with Gasteiger partial charge in [-0.15, -0.1) is 11.3 Å². The number of nitro groups is 1. The second-order valence-electron chi connectivity index (χ2n) is 6.12. The molecule has 1 N–H and O–H groups in total. The summed E-state index contributed by atoms with van der Waals surface area (Å²) >= 11 is 1.70. The Morgan fingerprint density at radius 3 is 2.62 bits per heavy atom. The monoisotopic (exact) mass is 375 g/mol. The van der Waals surface area contributed by atoms with Gasteiger partial charge in [0.2, 0.25) is 0 Å². The summed E-state index contributed by atoms with van der Waals surface area (Å²) in [5.74, 6) is 0.226. The standard InChI is InChI=1S/C18H21N3O4S/c22-18(13-25-15-7-5-14(6-8-15)21(23)24)19-12-16(17-4-3-11-26-17)20-9-1-2-10-20/h3-8,11,16H,1-2,9-10,12-13H2,(H,19,22)/t16-/m1/s1. The maximum atomic E-state index is 12.1. The predicted octanol–water partition coefficient (Wildman–Crippen LogP) is 2.99. The number of ether oxygens (including phenoxy) is 1. The molecule has 1 aliphatic heterocycles. The highest BCUT2D eigenvalue weighted by Gasteiger charge is 2.24. The van der Waals surface area contributed by atoms with Gasteiger partial charge >= 0.3 is 0 Å². The molecular weight excluding hydrogens is 354 g/mol. The van der Waals surface area contributed by atoms with Crippen LogP contribution < -0.4 is 10.1 Å². The molecule has 1 atom stereocenters. The SMILES string of the molecule is O=C(COc1ccc([N+](=O)[O-])cc1)NC[C@H](c1cccs1)N1CCCC1. The zero-order valence-electron chi connectivity index (χ0n) is 14.3. The number of benzene rings is 1. The third kappa shape index (κ3) is 4.80. The number of nitro benzene ring substituents is 1. The second-order valence-corrected chi connectivity index (χ2v) is 7.10. The fourth-order valence-corrected chi connectivity index (χ4v) is 3.88. The van der Waals surface area contributed by atoms with Crippen LogP contribution in [0.25, 0.3) is 0 Å². The molecule has 8 heteroatoms. The van der Waals surface area contributed by atoms with Crippen LogP contribution in [0.4, 0.5) is 5.69 Å². The van der Waals surface area contributed by atoms with Crippen LogP contribution in [0.1, 0.15) is 23.8 Å². The quantitative estimate of drug-likeness (QED) is 0.566. The number of hydrogen-bond donors (Lipinski definition) is 1. The van der Waals surface area contributed by atoms with E-state index in [2.05, 4.69) is 21.7 Å². The number of likely N-dealkylation sites (tertiary alicyclic amines) is 1. The van der Waals surface area contributed by atoms with Crippen molar-refractivity contribution in [2.45, 2.75) is 18.9 Å². The first kappa shape index (κ1) is 18.3. The van der Waals surface area contributed by atoms with Gasteiger partial charge in [0.15, 0.2) is 6.61 Å². The van der Waals surface area contributed by atoms with Gasteiger partial charge < -0.3 is 10.1 Å². The Morgan fingerprint density at radius 1 is 1.27 bits per heavy atom. The van der Waals surface area contributed by atoms with E-state index in [9.17, 15) is 14.9 Å². The van der Waals surface area contributed by atoms with E-state index in [1.165, 1.54) is 42.0 Å². The first-order valence-electron chi connectivity index (χ1n) is 8.55. The van der Waals surface area contributed by atoms with Crippen LogP contribution in [-0.4, -0.2) is 42.0 Å². The molecule has 138 valence electrons. The second kappa shape index (κ2) is 8.77. The van der Waals surface area contributed by atoms with E-state index in [1.54, 1.807) is 11.3 Å². The average Bonchev–Trinajstić information content (AvgIpc) is 3.35. The Balaban J connectivity index is 1.49. The molecule has 3 rings (SSSR count). The molecular formula is C18H21N3O4S. The van der Waals surface area contributed by atoms with Crippen LogP contribution in [0.3, 0.4) is 0 Å². The molecule has 1 saturated heterocycles. The van der Waals surface area contributed by atoms with Crippen LogP contribution in [0.5, 0.6) is 5.75 Å². The highest BCUT2D eigenvalue weighted by atomic mass is 32.1. The number of nitrogens with zero attached hydrogens (tertiary/aromatic N) is 2. The lowest BCUT2D eigenvalue weighted by molar-refractivity contribution is -0.384. The van der Waals surface area contributed by atoms with Crippen molar-refractivity contribution in [3.8, 4) is 5.75 Å². The van der Waals surface area contributed by atoms with Gasteiger partial charge in [-0.3, -0.25) is 19.8 Å². The van der Waals surface area contributed by atoms with Crippen molar-refractivity contribution < 1.29 is 14.5 Å². The predicted molar refractivity (Wildman–Crippen MR) is 99.5 cm³/mol. The minimum absolute atomic E-state index is 0.00814. The van der Waals surface area contributed by atoms with Crippen molar-refractivity contribution in [2.75, 3.05) is 26.2 Å². The third-order valence-electron chi connectivity index (χ3n) is 4.36. The van der Waals surface area contributed by atoms with Gasteiger partial charge in [0, 0.05) is 23.6 Å². The van der Waals surface area contributed by atoms with Crippen LogP contribution >= 0.6 is 11.3 Å². The van der Waals surface area contributed by atoms with E-state index in [4.69, 9.17) is 4.74 Å². The fourth-order valence-electron chi connectivity index (χ4n) is 3.02. The minimum atomic E-state index is -0.473. The molecule has 0 bridgehead atoms. The van der Waals surface area contributed by atoms with Crippen molar-refractivity contribution in [3.63, 3.8) is 0 Å². The molecule has 1 aromatic carbocycles. The maximum Gasteiger partial charge on any atom is 0.269 e. The molecule has 0 spiro atoms. The topological polar surface area (TPSA) is 84.7 Å². The number of non-ortho nitro benzene ring substituents is 1. The molecule has 26 heavy (non-hydrogen) atoms. The summed E-state index contributed by atoms with van der Waals surface area (Å²) in [7, 11) is 0. The number of rotatable bonds is 8. The van der Waals surface area contributed by atoms with E-state index in [1.807, 2.05) is 6.07 Å². The van der Waals surface area contributed by atoms with Crippen LogP contribution in [-0.2, 0) is 4.79 Å². The summed E-state index contributed by atoms with van der Waals surface area (Å²) in [6, 6.07) is 10.0. The normalized spacial score (nSPS) is 15.5. The molecule has 0 radical (unpaired) electrons. The molecule has 2 aromatic rings. The summed E-state index contributed by atoms with van der Waals surface area (Å²) in [5.41, 5.74) is -0.00814. The smallest absolute Gasteiger partial charge is 0.269 e. The Bertz CT molecular complexity index is 727. The Hall–Kier alpha value is -2.45. The molecule has 7 nitrogen and oxygen atoms in total. The molecule has 0 aliphatic carbocycles. The Morgan fingerprint density at radius 2 is 2.00 bits per heavy atom. The van der Waals surface area contributed by atoms with Gasteiger partial charge in [-0.2, -0.15) is 0 Å². The van der Waals surface area contributed by atoms with Crippen molar-refractivity contribution >= 4 is 22.9 Å². The fraction of sp³-hybridized carbons (Fsp3) is 0.389. The van der Waals surface area contributed by atoms with E-state index in [-0.39, 0.29) is 24.2 Å². The first-order valence-corrected chi connectivity index (χ1v) is 9.43. The molecule has 1 amide bonds. The van der Waals surface area contributed by atoms with Crippen molar-refractivity contribution in [2.24, 2.45) is 0 Å². The summed E-state index contributed by atoms with van der Waals surface area (Å²) < 4.78 is 5.41. The van der Waals surface area contributed by atoms with Gasteiger partial charge in [0.25, 0.3) is 11.6 Å². The van der Waals surface area contributed by atoms with Gasteiger partial charge in [-0.25, -0.2) is 0 Å². The zero-order valence-corrected chi connectivity index (χ0v) is 15.1. The molecule has 2 heterocycles. The van der Waals surface area contributed by atoms with Gasteiger partial charge in [0.1, 0.15) is 5.75 Å². The number of hydrogen-bond acceptors (Lipinski definition) is 6. The van der Waals surface area contributed by atoms with Crippen molar-refractivity contribution in [1.29, 1.82) is 0 Å². The maximum absolute atomic E-state index is 12.1. The molecule has 1 aliphatic rings. The van der Waals surface area contributed by atoms with E-state index in [0.717, 1.165) is 13.1 Å². The summed E-state index contributed by atoms with van der Waals surface area (Å²) in [4.78, 5) is 25.9. The zero-order chi connectivity index (χ0) is 18.4. The van der Waals surface area contributed by atoms with E-state index in [0.29, 0.717) is 12.3 Å². The first-order chi connectivity index (χ1) is 12.6. The number of thiophene rings is 1. The van der Waals surface area contributed by atoms with Crippen LogP contribution in [0.15, 0.2) is 41.8 Å². The summed E-state index contributed by atoms with van der Waals surface area (Å²) in [6.07, 6.45) is 2.39. The number of amides is 1. The minimum Gasteiger partial charge on any atom is -0.484 e. The van der Waals surface area contributed by atoms with E-state index >= 15 is 0 Å². The summed E-state index contributed by atoms with van der Waals surface area (Å²) in [6.45, 7) is 2.54. The van der Waals surface area contributed by atoms with Gasteiger partial charge in [0.05, 0.1) is 11.0 Å². The number of carbonyl (C=O) groups is 1. The Kier molecular flexibility index (Phi) is 6.19. The lowest BCUT2D eigenvalue weighted by Gasteiger charge is -2.26. The summed E-state index contributed by atoms with van der Waals surface area (Å²) in [5, 5.41) is 15.6. The highest BCUT2D eigenvalue weighted by molar-refractivity contribution is 7.10. The van der Waals surface area contributed by atoms with Crippen LogP contribution in [0, 0.1) is 10.1 Å². The number of carbonyl (C=O) groups excluding carboxylic acids is 1. The van der Waals surface area contributed by atoms with Gasteiger partial charge in [-0.1, -0.05) is 6.07 Å². The molecule has 0 saturated carbocycles. The van der Waals surface area contributed by atoms with Gasteiger partial charge in [-0.05, 0) is 49.5 Å². The molecule has 1 aromatic heterocycles. The highest BCUT2D eigenvalue weighted by Crippen LogP contribution is 2.27. The molecule has 1 fully saturated rings. The van der Waals surface area contributed by atoms with E-state index < -0.39 is 4.92 Å². The lowest BCUT2D eigenvalue weighted by Crippen LogP contribution is -2.38. The van der Waals surface area contributed by atoms with Crippen molar-refractivity contribution in [3.05, 3.63) is 56.8 Å². The van der Waals surface area contributed by atoms with Crippen LogP contribution in [0.2, 0.25) is 0 Å². The third-order valence-corrected chi connectivity index (χ3v) is 5.34. The number of nitrogens with one attached hydrogen (secondary N) is 1. The average molecular weight is 375 g/mol. The lowest BCUT2D eigenvalue weighted by atomic mass is 10.2. The largest absolute Gasteiger partial charge is 0.484 e. The Labute approximate surface area is 155 Å². The molecule has 0 unspecified atom stereocenters. The van der Waals surface area contributed by atoms with Crippen molar-refractivity contribution in [1.82, 2.24) is 10.2 Å².